The molecule has 20 aromatic rings. The molecular formula is C110H76N4. The summed E-state index contributed by atoms with van der Waals surface area (Å²) in [5, 5.41) is 4.81. The first kappa shape index (κ1) is 68.2. The minimum Gasteiger partial charge on any atom is -0.311 e. The standard InChI is InChI=1S/C110H76N4/c1-7-23-79(24-8-1)83-31-19-35-87(69-83)91-49-65-107-103(73-91)104-74-92(88-36-20-32-84(70-88)80-25-9-2-10-26-80)50-66-108(104)113(107)101-61-57-99(58-62-101)111(95-39-15-5-16-40-95)97-53-45-77(46-54-97)43-44-78-47-55-98(56-48-78)112(96-41-17-6-18-42-96)100-59-63-102(64-60-100)114-109-67-51-93(89-37-21-33-85(71-89)81-27-11-3-12-28-81)75-105(109)106-76-94(52-68-110(106)114)90-38-22-34-86(72-90)82-29-13-4-14-30-82/h1-76H/b44-43+. The molecule has 2 heterocycles. The second kappa shape index (κ2) is 30.1. The van der Waals surface area contributed by atoms with Gasteiger partial charge in [-0.1, -0.05) is 291 Å². The lowest BCUT2D eigenvalue weighted by molar-refractivity contribution is 1.17. The van der Waals surface area contributed by atoms with E-state index in [9.17, 15) is 0 Å². The van der Waals surface area contributed by atoms with E-state index < -0.39 is 0 Å². The lowest BCUT2D eigenvalue weighted by Gasteiger charge is -2.26. The molecule has 0 fully saturated rings. The average Bonchev–Trinajstić information content (AvgIpc) is 1.59. The van der Waals surface area contributed by atoms with E-state index in [2.05, 4.69) is 480 Å². The highest BCUT2D eigenvalue weighted by atomic mass is 15.1. The minimum atomic E-state index is 1.06. The Morgan fingerprint density at radius 3 is 0.588 bits per heavy atom. The molecule has 0 saturated heterocycles. The molecule has 114 heavy (non-hydrogen) atoms. The van der Waals surface area contributed by atoms with E-state index in [1.54, 1.807) is 0 Å². The molecule has 2 aromatic heterocycles. The highest BCUT2D eigenvalue weighted by molar-refractivity contribution is 6.13. The number of benzene rings is 18. The molecule has 0 aliphatic heterocycles. The van der Waals surface area contributed by atoms with Crippen molar-refractivity contribution in [3.63, 3.8) is 0 Å². The average molecular weight is 1450 g/mol. The summed E-state index contributed by atoms with van der Waals surface area (Å²) in [6.07, 6.45) is 4.41. The molecule has 18 aromatic carbocycles. The summed E-state index contributed by atoms with van der Waals surface area (Å²) in [5.74, 6) is 0. The van der Waals surface area contributed by atoms with E-state index in [4.69, 9.17) is 0 Å². The monoisotopic (exact) mass is 1450 g/mol. The molecule has 0 spiro atoms. The second-order valence-electron chi connectivity index (χ2n) is 29.3. The van der Waals surface area contributed by atoms with Crippen LogP contribution >= 0.6 is 0 Å². The normalized spacial score (nSPS) is 11.5. The molecule has 0 N–H and O–H groups in total. The van der Waals surface area contributed by atoms with Gasteiger partial charge >= 0.3 is 0 Å². The number of rotatable bonds is 18. The van der Waals surface area contributed by atoms with Crippen LogP contribution in [0.2, 0.25) is 0 Å². The van der Waals surface area contributed by atoms with Crippen molar-refractivity contribution in [1.82, 2.24) is 9.13 Å². The first-order chi connectivity index (χ1) is 56.5. The number of nitrogens with zero attached hydrogens (tertiary/aromatic N) is 4. The van der Waals surface area contributed by atoms with E-state index in [0.717, 1.165) is 78.7 Å². The topological polar surface area (TPSA) is 16.3 Å². The van der Waals surface area contributed by atoms with Crippen molar-refractivity contribution in [3.05, 3.63) is 460 Å². The zero-order chi connectivity index (χ0) is 75.7. The number of para-hydroxylation sites is 2. The van der Waals surface area contributed by atoms with Crippen LogP contribution in [0.1, 0.15) is 11.1 Å². The van der Waals surface area contributed by atoms with Gasteiger partial charge in [0.1, 0.15) is 0 Å². The Balaban J connectivity index is 0.586. The molecule has 0 saturated carbocycles. The predicted molar refractivity (Wildman–Crippen MR) is 483 cm³/mol. The molecule has 0 amide bonds. The molecule has 0 aliphatic carbocycles. The van der Waals surface area contributed by atoms with Crippen LogP contribution < -0.4 is 9.80 Å². The molecule has 0 atom stereocenters. The van der Waals surface area contributed by atoms with Crippen LogP contribution in [-0.2, 0) is 0 Å². The number of hydrogen-bond donors (Lipinski definition) is 0. The molecule has 0 bridgehead atoms. The Bertz CT molecular complexity index is 6190. The fourth-order valence-corrected chi connectivity index (χ4v) is 16.6. The molecular weight excluding hydrogens is 1380 g/mol. The highest BCUT2D eigenvalue weighted by Gasteiger charge is 2.21. The maximum Gasteiger partial charge on any atom is 0.0541 e. The zero-order valence-corrected chi connectivity index (χ0v) is 62.7. The summed E-state index contributed by atoms with van der Waals surface area (Å²) < 4.78 is 4.86. The second-order valence-corrected chi connectivity index (χ2v) is 29.3. The zero-order valence-electron chi connectivity index (χ0n) is 62.7. The van der Waals surface area contributed by atoms with E-state index in [1.165, 1.54) is 111 Å². The lowest BCUT2D eigenvalue weighted by Crippen LogP contribution is -2.10. The quantitative estimate of drug-likeness (QED) is 0.0796. The first-order valence-corrected chi connectivity index (χ1v) is 39.1. The predicted octanol–water partition coefficient (Wildman–Crippen LogP) is 30.3. The van der Waals surface area contributed by atoms with Crippen molar-refractivity contribution in [3.8, 4) is 100 Å². The summed E-state index contributed by atoms with van der Waals surface area (Å²) in [4.78, 5) is 4.68. The number of anilines is 6. The summed E-state index contributed by atoms with van der Waals surface area (Å²) in [7, 11) is 0. The maximum absolute atomic E-state index is 2.43. The van der Waals surface area contributed by atoms with Gasteiger partial charge in [0.25, 0.3) is 0 Å². The molecule has 0 unspecified atom stereocenters. The fraction of sp³-hybridized carbons (Fsp3) is 0. The summed E-state index contributed by atoms with van der Waals surface area (Å²) in [5.41, 5.74) is 34.5. The van der Waals surface area contributed by atoms with Crippen LogP contribution in [0.25, 0.3) is 156 Å². The van der Waals surface area contributed by atoms with Crippen molar-refractivity contribution in [2.45, 2.75) is 0 Å². The lowest BCUT2D eigenvalue weighted by atomic mass is 9.96. The van der Waals surface area contributed by atoms with Crippen LogP contribution in [0, 0.1) is 0 Å². The van der Waals surface area contributed by atoms with Crippen molar-refractivity contribution in [2.24, 2.45) is 0 Å². The van der Waals surface area contributed by atoms with Crippen LogP contribution in [0.15, 0.2) is 449 Å². The van der Waals surface area contributed by atoms with Crippen LogP contribution in [-0.4, -0.2) is 9.13 Å². The van der Waals surface area contributed by atoms with E-state index in [1.807, 2.05) is 0 Å². The minimum absolute atomic E-state index is 1.06. The smallest absolute Gasteiger partial charge is 0.0541 e. The van der Waals surface area contributed by atoms with Crippen molar-refractivity contribution < 1.29 is 0 Å². The number of aromatic nitrogens is 2. The Morgan fingerprint density at radius 1 is 0.149 bits per heavy atom. The number of hydrogen-bond acceptors (Lipinski definition) is 2. The fourth-order valence-electron chi connectivity index (χ4n) is 16.6. The van der Waals surface area contributed by atoms with Gasteiger partial charge in [-0.25, -0.2) is 0 Å². The van der Waals surface area contributed by atoms with Crippen molar-refractivity contribution in [2.75, 3.05) is 9.80 Å². The summed E-state index contributed by atoms with van der Waals surface area (Å²) in [6.45, 7) is 0. The van der Waals surface area contributed by atoms with Crippen LogP contribution in [0.3, 0.4) is 0 Å². The third kappa shape index (κ3) is 13.4. The van der Waals surface area contributed by atoms with Gasteiger partial charge in [0.2, 0.25) is 0 Å². The summed E-state index contributed by atoms with van der Waals surface area (Å²) >= 11 is 0. The Kier molecular flexibility index (Phi) is 18.0. The van der Waals surface area contributed by atoms with Gasteiger partial charge in [0, 0.05) is 67.0 Å². The molecule has 4 heteroatoms. The summed E-state index contributed by atoms with van der Waals surface area (Å²) in [6, 6.07) is 163. The maximum atomic E-state index is 2.43. The van der Waals surface area contributed by atoms with Gasteiger partial charge in [0.15, 0.2) is 0 Å². The Hall–Kier alpha value is -15.1. The third-order valence-corrected chi connectivity index (χ3v) is 22.3. The van der Waals surface area contributed by atoms with Crippen molar-refractivity contribution >= 4 is 89.9 Å². The van der Waals surface area contributed by atoms with E-state index >= 15 is 0 Å². The van der Waals surface area contributed by atoms with Crippen molar-refractivity contribution in [1.29, 1.82) is 0 Å². The Morgan fingerprint density at radius 2 is 0.342 bits per heavy atom. The third-order valence-electron chi connectivity index (χ3n) is 22.3. The molecule has 0 aliphatic rings. The van der Waals surface area contributed by atoms with E-state index in [-0.39, 0.29) is 0 Å². The first-order valence-electron chi connectivity index (χ1n) is 39.1. The van der Waals surface area contributed by atoms with Gasteiger partial charge in [-0.05, 0) is 270 Å². The van der Waals surface area contributed by atoms with Gasteiger partial charge in [-0.3, -0.25) is 0 Å². The number of fused-ring (bicyclic) bond motifs is 6. The van der Waals surface area contributed by atoms with Gasteiger partial charge < -0.3 is 18.9 Å². The Labute approximate surface area is 664 Å². The largest absolute Gasteiger partial charge is 0.311 e. The molecule has 4 nitrogen and oxygen atoms in total. The highest BCUT2D eigenvalue weighted by Crippen LogP contribution is 2.44. The van der Waals surface area contributed by atoms with Gasteiger partial charge in [0.05, 0.1) is 22.1 Å². The van der Waals surface area contributed by atoms with Crippen LogP contribution in [0.4, 0.5) is 34.1 Å². The SMILES string of the molecule is C(=C\c1ccc(N(c2ccccc2)c2ccc(-n3c4ccc(-c5cccc(-c6ccccc6)c5)cc4c4cc(-c5cccc(-c6ccccc6)c5)ccc43)cc2)cc1)/c1ccc(N(c2ccccc2)c2ccc(-n3c4ccc(-c5cccc(-c6ccccc6)c5)cc4c4cc(-c5cccc(-c6ccccc6)c5)ccc43)cc2)cc1. The van der Waals surface area contributed by atoms with Gasteiger partial charge in [-0.15, -0.1) is 0 Å². The van der Waals surface area contributed by atoms with Crippen LogP contribution in [0.5, 0.6) is 0 Å². The molecule has 536 valence electrons. The van der Waals surface area contributed by atoms with Gasteiger partial charge in [-0.2, -0.15) is 0 Å². The van der Waals surface area contributed by atoms with E-state index in [0.29, 0.717) is 0 Å². The molecule has 20 rings (SSSR count). The molecule has 0 radical (unpaired) electrons.